The van der Waals surface area contributed by atoms with Crippen LogP contribution in [-0.4, -0.2) is 18.5 Å². The first-order chi connectivity index (χ1) is 7.61. The second-order valence-electron chi connectivity index (χ2n) is 2.80. The van der Waals surface area contributed by atoms with Crippen LogP contribution in [0.15, 0.2) is 24.3 Å². The standard InChI is InChI=1S/C10H9FO5/c1-7(12)15-9-4-2-8(3-5-9)14-6-10(13)16-11/h2-5H,6H2,1H3. The van der Waals surface area contributed by atoms with E-state index in [9.17, 15) is 14.1 Å². The maximum atomic E-state index is 11.3. The largest absolute Gasteiger partial charge is 0.482 e. The zero-order chi connectivity index (χ0) is 12.0. The van der Waals surface area contributed by atoms with Gasteiger partial charge in [0.05, 0.1) is 0 Å². The van der Waals surface area contributed by atoms with Crippen molar-refractivity contribution in [3.05, 3.63) is 24.3 Å². The van der Waals surface area contributed by atoms with Gasteiger partial charge in [-0.2, -0.15) is 0 Å². The Morgan fingerprint density at radius 2 is 1.75 bits per heavy atom. The Morgan fingerprint density at radius 3 is 2.25 bits per heavy atom. The summed E-state index contributed by atoms with van der Waals surface area (Å²) < 4.78 is 20.9. The molecule has 16 heavy (non-hydrogen) atoms. The molecule has 0 aliphatic carbocycles. The number of hydrogen-bond donors (Lipinski definition) is 0. The summed E-state index contributed by atoms with van der Waals surface area (Å²) in [6.45, 7) is 0.755. The van der Waals surface area contributed by atoms with Crippen LogP contribution >= 0.6 is 0 Å². The Hall–Kier alpha value is -2.11. The fraction of sp³-hybridized carbons (Fsp3) is 0.200. The number of carbonyl (C=O) groups is 2. The highest BCUT2D eigenvalue weighted by molar-refractivity contribution is 5.70. The van der Waals surface area contributed by atoms with E-state index in [4.69, 9.17) is 9.47 Å². The highest BCUT2D eigenvalue weighted by atomic mass is 19.3. The first-order valence-electron chi connectivity index (χ1n) is 4.34. The van der Waals surface area contributed by atoms with Crippen LogP contribution in [0.25, 0.3) is 0 Å². The van der Waals surface area contributed by atoms with Gasteiger partial charge in [-0.05, 0) is 24.3 Å². The molecule has 0 unspecified atom stereocenters. The van der Waals surface area contributed by atoms with Gasteiger partial charge in [0, 0.05) is 11.4 Å². The molecule has 0 fully saturated rings. The van der Waals surface area contributed by atoms with Crippen molar-refractivity contribution in [2.75, 3.05) is 6.61 Å². The molecular formula is C10H9FO5. The summed E-state index contributed by atoms with van der Waals surface area (Å²) in [5.74, 6) is -0.868. The van der Waals surface area contributed by atoms with Crippen molar-refractivity contribution in [1.82, 2.24) is 0 Å². The summed E-state index contributed by atoms with van der Waals surface area (Å²) in [5.41, 5.74) is 0. The van der Waals surface area contributed by atoms with E-state index in [0.29, 0.717) is 11.5 Å². The molecule has 0 heterocycles. The SMILES string of the molecule is CC(=O)Oc1ccc(OCC(=O)OF)cc1. The van der Waals surface area contributed by atoms with Gasteiger partial charge in [-0.25, -0.2) is 4.79 Å². The summed E-state index contributed by atoms with van der Waals surface area (Å²) in [6, 6.07) is 5.92. The summed E-state index contributed by atoms with van der Waals surface area (Å²) in [5, 5.41) is 0. The fourth-order valence-electron chi connectivity index (χ4n) is 0.934. The van der Waals surface area contributed by atoms with Crippen molar-refractivity contribution in [3.63, 3.8) is 0 Å². The number of ether oxygens (including phenoxy) is 2. The van der Waals surface area contributed by atoms with Crippen LogP contribution in [0.5, 0.6) is 11.5 Å². The number of halogens is 1. The van der Waals surface area contributed by atoms with E-state index in [-0.39, 0.29) is 0 Å². The van der Waals surface area contributed by atoms with Crippen LogP contribution in [0.2, 0.25) is 0 Å². The molecule has 0 N–H and O–H groups in total. The van der Waals surface area contributed by atoms with Gasteiger partial charge >= 0.3 is 11.9 Å². The van der Waals surface area contributed by atoms with Crippen LogP contribution < -0.4 is 9.47 Å². The summed E-state index contributed by atoms with van der Waals surface area (Å²) in [6.07, 6.45) is 0. The minimum absolute atomic E-state index is 0.335. The van der Waals surface area contributed by atoms with Gasteiger partial charge in [0.15, 0.2) is 6.61 Å². The van der Waals surface area contributed by atoms with Gasteiger partial charge in [0.25, 0.3) is 0 Å². The molecule has 86 valence electrons. The van der Waals surface area contributed by atoms with Crippen LogP contribution in [0.3, 0.4) is 0 Å². The zero-order valence-corrected chi connectivity index (χ0v) is 8.44. The molecule has 0 aliphatic rings. The second kappa shape index (κ2) is 5.69. The minimum Gasteiger partial charge on any atom is -0.482 e. The highest BCUT2D eigenvalue weighted by Crippen LogP contribution is 2.17. The van der Waals surface area contributed by atoms with E-state index < -0.39 is 18.5 Å². The average Bonchev–Trinajstić information content (AvgIpc) is 2.27. The third kappa shape index (κ3) is 3.95. The molecular weight excluding hydrogens is 219 g/mol. The van der Waals surface area contributed by atoms with Gasteiger partial charge in [-0.15, -0.1) is 0 Å². The maximum Gasteiger partial charge on any atom is 0.385 e. The van der Waals surface area contributed by atoms with Crippen LogP contribution in [0.1, 0.15) is 6.92 Å². The van der Waals surface area contributed by atoms with Gasteiger partial charge < -0.3 is 9.47 Å². The van der Waals surface area contributed by atoms with E-state index >= 15 is 0 Å². The van der Waals surface area contributed by atoms with Crippen molar-refractivity contribution in [1.29, 1.82) is 0 Å². The Balaban J connectivity index is 2.51. The van der Waals surface area contributed by atoms with Crippen molar-refractivity contribution < 1.29 is 28.5 Å². The van der Waals surface area contributed by atoms with E-state index in [2.05, 4.69) is 4.94 Å². The van der Waals surface area contributed by atoms with Crippen LogP contribution in [-0.2, 0) is 14.5 Å². The van der Waals surface area contributed by atoms with Crippen molar-refractivity contribution >= 4 is 11.9 Å². The molecule has 5 nitrogen and oxygen atoms in total. The Morgan fingerprint density at radius 1 is 1.19 bits per heavy atom. The van der Waals surface area contributed by atoms with E-state index in [0.717, 1.165) is 0 Å². The molecule has 6 heteroatoms. The lowest BCUT2D eigenvalue weighted by Crippen LogP contribution is -2.11. The number of benzene rings is 1. The second-order valence-corrected chi connectivity index (χ2v) is 2.80. The predicted molar refractivity (Wildman–Crippen MR) is 50.4 cm³/mol. The van der Waals surface area contributed by atoms with Crippen LogP contribution in [0, 0.1) is 0 Å². The third-order valence-electron chi connectivity index (χ3n) is 1.53. The van der Waals surface area contributed by atoms with Gasteiger partial charge in [0.1, 0.15) is 11.5 Å². The Bertz CT molecular complexity index is 373. The smallest absolute Gasteiger partial charge is 0.385 e. The lowest BCUT2D eigenvalue weighted by atomic mass is 10.3. The normalized spacial score (nSPS) is 9.38. The Kier molecular flexibility index (Phi) is 4.26. The molecule has 0 saturated carbocycles. The minimum atomic E-state index is -1.12. The Labute approximate surface area is 90.6 Å². The van der Waals surface area contributed by atoms with Crippen LogP contribution in [0.4, 0.5) is 4.53 Å². The van der Waals surface area contributed by atoms with Crippen molar-refractivity contribution in [3.8, 4) is 11.5 Å². The lowest BCUT2D eigenvalue weighted by Gasteiger charge is -2.04. The number of hydrogen-bond acceptors (Lipinski definition) is 5. The molecule has 0 saturated heterocycles. The third-order valence-corrected chi connectivity index (χ3v) is 1.53. The van der Waals surface area contributed by atoms with E-state index in [1.165, 1.54) is 31.2 Å². The summed E-state index contributed by atoms with van der Waals surface area (Å²) in [4.78, 5) is 23.9. The van der Waals surface area contributed by atoms with Crippen molar-refractivity contribution in [2.45, 2.75) is 6.92 Å². The molecule has 0 radical (unpaired) electrons. The first kappa shape index (κ1) is 12.0. The topological polar surface area (TPSA) is 61.8 Å². The van der Waals surface area contributed by atoms with Gasteiger partial charge in [0.2, 0.25) is 0 Å². The first-order valence-corrected chi connectivity index (χ1v) is 4.34. The average molecular weight is 228 g/mol. The fourth-order valence-corrected chi connectivity index (χ4v) is 0.934. The summed E-state index contributed by atoms with van der Waals surface area (Å²) in [7, 11) is 0. The molecule has 0 atom stereocenters. The highest BCUT2D eigenvalue weighted by Gasteiger charge is 2.04. The van der Waals surface area contributed by atoms with E-state index in [1.54, 1.807) is 0 Å². The van der Waals surface area contributed by atoms with Gasteiger partial charge in [-0.1, -0.05) is 0 Å². The zero-order valence-electron chi connectivity index (χ0n) is 8.44. The quantitative estimate of drug-likeness (QED) is 0.576. The molecule has 0 aliphatic heterocycles. The predicted octanol–water partition coefficient (Wildman–Crippen LogP) is 1.42. The van der Waals surface area contributed by atoms with Crippen molar-refractivity contribution in [2.24, 2.45) is 0 Å². The number of esters is 1. The lowest BCUT2D eigenvalue weighted by molar-refractivity contribution is -0.185. The maximum absolute atomic E-state index is 11.3. The molecule has 0 bridgehead atoms. The van der Waals surface area contributed by atoms with Gasteiger partial charge in [-0.3, -0.25) is 9.74 Å². The molecule has 1 aromatic rings. The molecule has 1 aromatic carbocycles. The summed E-state index contributed by atoms with van der Waals surface area (Å²) >= 11 is 0. The molecule has 0 aromatic heterocycles. The van der Waals surface area contributed by atoms with E-state index in [1.807, 2.05) is 0 Å². The number of rotatable bonds is 4. The monoisotopic (exact) mass is 228 g/mol. The molecule has 1 rings (SSSR count). The molecule has 0 amide bonds. The molecule has 0 spiro atoms. The number of carbonyl (C=O) groups excluding carboxylic acids is 2.